The Morgan fingerprint density at radius 3 is 2.43 bits per heavy atom. The van der Waals surface area contributed by atoms with E-state index >= 15 is 0 Å². The highest BCUT2D eigenvalue weighted by Gasteiger charge is 2.32. The van der Waals surface area contributed by atoms with Crippen LogP contribution in [0.4, 0.5) is 19.0 Å². The molecule has 1 rings (SSSR count). The van der Waals surface area contributed by atoms with Crippen LogP contribution in [-0.2, 0) is 11.0 Å². The van der Waals surface area contributed by atoms with Crippen LogP contribution >= 0.6 is 11.6 Å². The number of halogens is 4. The van der Waals surface area contributed by atoms with Gasteiger partial charge in [0, 0.05) is 13.1 Å². The third kappa shape index (κ3) is 4.77. The van der Waals surface area contributed by atoms with Crippen molar-refractivity contribution in [2.24, 2.45) is 0 Å². The molecule has 4 nitrogen and oxygen atoms in total. The zero-order valence-electron chi connectivity index (χ0n) is 12.0. The van der Waals surface area contributed by atoms with Crippen LogP contribution in [0, 0.1) is 0 Å². The molecule has 0 aromatic carbocycles. The minimum atomic E-state index is -4.52. The number of rotatable bonds is 5. The van der Waals surface area contributed by atoms with Crippen molar-refractivity contribution in [2.45, 2.75) is 33.0 Å². The monoisotopic (exact) mass is 323 g/mol. The lowest BCUT2D eigenvalue weighted by Gasteiger charge is -2.24. The van der Waals surface area contributed by atoms with E-state index in [1.54, 1.807) is 11.8 Å². The number of hydrogen-bond donors (Lipinski definition) is 1. The van der Waals surface area contributed by atoms with Gasteiger partial charge in [-0.15, -0.1) is 0 Å². The van der Waals surface area contributed by atoms with Crippen LogP contribution in [0.2, 0.25) is 5.15 Å². The molecule has 0 fully saturated rings. The summed E-state index contributed by atoms with van der Waals surface area (Å²) in [5.41, 5.74) is -0.910. The second-order valence-electron chi connectivity index (χ2n) is 4.44. The van der Waals surface area contributed by atoms with E-state index in [0.717, 1.165) is 12.1 Å². The van der Waals surface area contributed by atoms with Crippen LogP contribution < -0.4 is 5.32 Å². The maximum atomic E-state index is 12.7. The van der Waals surface area contributed by atoms with Gasteiger partial charge in [0.25, 0.3) is 0 Å². The highest BCUT2D eigenvalue weighted by Crippen LogP contribution is 2.32. The molecule has 1 N–H and O–H groups in total. The fourth-order valence-corrected chi connectivity index (χ4v) is 2.04. The van der Waals surface area contributed by atoms with E-state index in [4.69, 9.17) is 11.6 Å². The van der Waals surface area contributed by atoms with E-state index in [9.17, 15) is 18.0 Å². The SMILES string of the molecule is CCN(CC)C(=O)C(C)Nc1cc(C(F)(F)F)cc(Cl)n1. The van der Waals surface area contributed by atoms with Gasteiger partial charge in [0.05, 0.1) is 5.56 Å². The Labute approximate surface area is 126 Å². The Hall–Kier alpha value is -1.50. The number of nitrogens with zero attached hydrogens (tertiary/aromatic N) is 2. The summed E-state index contributed by atoms with van der Waals surface area (Å²) in [5.74, 6) is -0.293. The largest absolute Gasteiger partial charge is 0.416 e. The first-order valence-corrected chi connectivity index (χ1v) is 6.86. The smallest absolute Gasteiger partial charge is 0.359 e. The van der Waals surface area contributed by atoms with Gasteiger partial charge < -0.3 is 10.2 Å². The van der Waals surface area contributed by atoms with E-state index in [-0.39, 0.29) is 16.9 Å². The van der Waals surface area contributed by atoms with Crippen LogP contribution in [0.5, 0.6) is 0 Å². The van der Waals surface area contributed by atoms with Crippen molar-refractivity contribution >= 4 is 23.3 Å². The molecule has 21 heavy (non-hydrogen) atoms. The molecule has 1 aromatic rings. The summed E-state index contributed by atoms with van der Waals surface area (Å²) in [4.78, 5) is 17.4. The zero-order valence-corrected chi connectivity index (χ0v) is 12.7. The lowest BCUT2D eigenvalue weighted by atomic mass is 10.2. The first-order valence-electron chi connectivity index (χ1n) is 6.49. The molecule has 0 aliphatic rings. The third-order valence-electron chi connectivity index (χ3n) is 2.93. The Kier molecular flexibility index (Phi) is 5.83. The Bertz CT molecular complexity index is 504. The van der Waals surface area contributed by atoms with Crippen molar-refractivity contribution in [1.82, 2.24) is 9.88 Å². The topological polar surface area (TPSA) is 45.2 Å². The van der Waals surface area contributed by atoms with E-state index in [0.29, 0.717) is 13.1 Å². The second kappa shape index (κ2) is 6.98. The second-order valence-corrected chi connectivity index (χ2v) is 4.83. The van der Waals surface area contributed by atoms with Crippen LogP contribution in [0.15, 0.2) is 12.1 Å². The lowest BCUT2D eigenvalue weighted by Crippen LogP contribution is -2.41. The van der Waals surface area contributed by atoms with Gasteiger partial charge in [-0.1, -0.05) is 11.6 Å². The Morgan fingerprint density at radius 1 is 1.38 bits per heavy atom. The van der Waals surface area contributed by atoms with Crippen molar-refractivity contribution in [2.75, 3.05) is 18.4 Å². The maximum absolute atomic E-state index is 12.7. The number of pyridine rings is 1. The molecule has 0 saturated carbocycles. The first-order chi connectivity index (χ1) is 9.68. The molecule has 1 aromatic heterocycles. The molecule has 1 unspecified atom stereocenters. The summed E-state index contributed by atoms with van der Waals surface area (Å²) in [7, 11) is 0. The van der Waals surface area contributed by atoms with E-state index in [1.165, 1.54) is 0 Å². The van der Waals surface area contributed by atoms with Gasteiger partial charge in [-0.05, 0) is 32.9 Å². The van der Waals surface area contributed by atoms with Gasteiger partial charge in [-0.2, -0.15) is 13.2 Å². The molecule has 0 saturated heterocycles. The standard InChI is InChI=1S/C13H17ClF3N3O/c1-4-20(5-2)12(21)8(3)18-11-7-9(13(15,16)17)6-10(14)19-11/h6-8H,4-5H2,1-3H3,(H,18,19). The average molecular weight is 324 g/mol. The predicted octanol–water partition coefficient (Wildman–Crippen LogP) is 3.42. The quantitative estimate of drug-likeness (QED) is 0.844. The molecule has 118 valence electrons. The summed E-state index contributed by atoms with van der Waals surface area (Å²) >= 11 is 5.59. The number of carbonyl (C=O) groups is 1. The number of amides is 1. The minimum Gasteiger partial charge on any atom is -0.359 e. The van der Waals surface area contributed by atoms with Gasteiger partial charge in [0.1, 0.15) is 17.0 Å². The molecule has 8 heteroatoms. The van der Waals surface area contributed by atoms with E-state index < -0.39 is 17.8 Å². The molecule has 0 bridgehead atoms. The van der Waals surface area contributed by atoms with Gasteiger partial charge in [0.15, 0.2) is 0 Å². The molecule has 1 amide bonds. The molecule has 0 spiro atoms. The van der Waals surface area contributed by atoms with Crippen molar-refractivity contribution in [1.29, 1.82) is 0 Å². The summed E-state index contributed by atoms with van der Waals surface area (Å²) in [5, 5.41) is 2.37. The minimum absolute atomic E-state index is 0.0807. The van der Waals surface area contributed by atoms with Gasteiger partial charge in [0.2, 0.25) is 5.91 Å². The number of likely N-dealkylation sites (N-methyl/N-ethyl adjacent to an activating group) is 1. The summed E-state index contributed by atoms with van der Waals surface area (Å²) in [6, 6.07) is 0.874. The normalized spacial score (nSPS) is 12.9. The van der Waals surface area contributed by atoms with Gasteiger partial charge in [-0.25, -0.2) is 4.98 Å². The molecular weight excluding hydrogens is 307 g/mol. The summed E-state index contributed by atoms with van der Waals surface area (Å²) < 4.78 is 38.1. The molecule has 1 atom stereocenters. The van der Waals surface area contributed by atoms with Gasteiger partial charge >= 0.3 is 6.18 Å². The number of nitrogens with one attached hydrogen (secondary N) is 1. The van der Waals surface area contributed by atoms with Crippen molar-refractivity contribution in [3.8, 4) is 0 Å². The molecule has 0 aliphatic heterocycles. The first kappa shape index (κ1) is 17.6. The van der Waals surface area contributed by atoms with Crippen LogP contribution in [-0.4, -0.2) is 34.9 Å². The average Bonchev–Trinajstić information content (AvgIpc) is 2.38. The van der Waals surface area contributed by atoms with E-state index in [2.05, 4.69) is 10.3 Å². The predicted molar refractivity (Wildman–Crippen MR) is 75.3 cm³/mol. The summed E-state index contributed by atoms with van der Waals surface area (Å²) in [6.45, 7) is 6.27. The number of aromatic nitrogens is 1. The number of carbonyl (C=O) groups excluding carboxylic acids is 1. The third-order valence-corrected chi connectivity index (χ3v) is 3.12. The number of anilines is 1. The van der Waals surface area contributed by atoms with E-state index in [1.807, 2.05) is 13.8 Å². The zero-order chi connectivity index (χ0) is 16.2. The Balaban J connectivity index is 2.93. The van der Waals surface area contributed by atoms with Crippen molar-refractivity contribution in [3.63, 3.8) is 0 Å². The number of alkyl halides is 3. The van der Waals surface area contributed by atoms with Crippen molar-refractivity contribution < 1.29 is 18.0 Å². The highest BCUT2D eigenvalue weighted by molar-refractivity contribution is 6.29. The Morgan fingerprint density at radius 2 is 1.95 bits per heavy atom. The van der Waals surface area contributed by atoms with Gasteiger partial charge in [-0.3, -0.25) is 4.79 Å². The summed E-state index contributed by atoms with van der Waals surface area (Å²) in [6.07, 6.45) is -4.52. The fraction of sp³-hybridized carbons (Fsp3) is 0.538. The molecular formula is C13H17ClF3N3O. The molecule has 0 aliphatic carbocycles. The fourth-order valence-electron chi connectivity index (χ4n) is 1.83. The molecule has 1 heterocycles. The lowest BCUT2D eigenvalue weighted by molar-refractivity contribution is -0.137. The number of hydrogen-bond acceptors (Lipinski definition) is 3. The maximum Gasteiger partial charge on any atom is 0.416 e. The molecule has 0 radical (unpaired) electrons. The van der Waals surface area contributed by atoms with Crippen LogP contribution in [0.25, 0.3) is 0 Å². The van der Waals surface area contributed by atoms with Crippen LogP contribution in [0.3, 0.4) is 0 Å². The highest BCUT2D eigenvalue weighted by atomic mass is 35.5. The van der Waals surface area contributed by atoms with Crippen molar-refractivity contribution in [3.05, 3.63) is 22.8 Å². The van der Waals surface area contributed by atoms with Crippen LogP contribution in [0.1, 0.15) is 26.3 Å².